The molecule has 3 rings (SSSR count). The maximum Gasteiger partial charge on any atom is 0.182 e. The highest BCUT2D eigenvalue weighted by Crippen LogP contribution is 2.28. The second-order valence-electron chi connectivity index (χ2n) is 4.78. The van der Waals surface area contributed by atoms with E-state index in [9.17, 15) is 4.39 Å². The van der Waals surface area contributed by atoms with E-state index >= 15 is 0 Å². The van der Waals surface area contributed by atoms with E-state index in [0.29, 0.717) is 11.4 Å². The van der Waals surface area contributed by atoms with Crippen molar-refractivity contribution in [2.24, 2.45) is 0 Å². The number of aromatic nitrogens is 2. The molecule has 0 aliphatic heterocycles. The third-order valence-corrected chi connectivity index (χ3v) is 3.66. The van der Waals surface area contributed by atoms with Crippen molar-refractivity contribution in [3.8, 4) is 11.4 Å². The highest BCUT2D eigenvalue weighted by Gasteiger charge is 2.12. The van der Waals surface area contributed by atoms with Gasteiger partial charge in [0.15, 0.2) is 4.77 Å². The molecule has 1 heterocycles. The molecular formula is C16H15FN2OS. The monoisotopic (exact) mass is 302 g/mol. The molecule has 0 unspecified atom stereocenters. The van der Waals surface area contributed by atoms with Crippen LogP contribution in [0.2, 0.25) is 0 Å². The maximum absolute atomic E-state index is 13.3. The minimum atomic E-state index is -0.252. The first kappa shape index (κ1) is 13.8. The standard InChI is InChI=1S/C16H15FN2OS/c1-3-20-14-6-4-5-13-15(14)18-16(21)19(13)12-8-7-11(17)9-10(12)2/h4-9H,3H2,1-2H3,(H,18,21). The largest absolute Gasteiger partial charge is 0.492 e. The van der Waals surface area contributed by atoms with Crippen LogP contribution in [0.25, 0.3) is 16.7 Å². The molecule has 2 aromatic carbocycles. The van der Waals surface area contributed by atoms with Crippen LogP contribution in [0.3, 0.4) is 0 Å². The van der Waals surface area contributed by atoms with Crippen molar-refractivity contribution in [2.75, 3.05) is 6.61 Å². The van der Waals surface area contributed by atoms with Gasteiger partial charge < -0.3 is 9.72 Å². The molecule has 0 fully saturated rings. The van der Waals surface area contributed by atoms with Crippen LogP contribution in [-0.2, 0) is 0 Å². The Morgan fingerprint density at radius 3 is 2.81 bits per heavy atom. The molecule has 0 bridgehead atoms. The van der Waals surface area contributed by atoms with E-state index in [1.54, 1.807) is 6.07 Å². The lowest BCUT2D eigenvalue weighted by molar-refractivity contribution is 0.343. The topological polar surface area (TPSA) is 29.9 Å². The van der Waals surface area contributed by atoms with Crippen molar-refractivity contribution in [2.45, 2.75) is 13.8 Å². The average Bonchev–Trinajstić information content (AvgIpc) is 2.77. The summed E-state index contributed by atoms with van der Waals surface area (Å²) in [7, 11) is 0. The third kappa shape index (κ3) is 2.34. The van der Waals surface area contributed by atoms with Gasteiger partial charge in [-0.2, -0.15) is 0 Å². The Balaban J connectivity index is 2.30. The number of benzene rings is 2. The summed E-state index contributed by atoms with van der Waals surface area (Å²) >= 11 is 5.43. The van der Waals surface area contributed by atoms with Gasteiger partial charge >= 0.3 is 0 Å². The lowest BCUT2D eigenvalue weighted by Crippen LogP contribution is -1.98. The van der Waals surface area contributed by atoms with Crippen molar-refractivity contribution in [1.82, 2.24) is 9.55 Å². The number of rotatable bonds is 3. The van der Waals surface area contributed by atoms with Crippen LogP contribution in [0.4, 0.5) is 4.39 Å². The SMILES string of the molecule is CCOc1cccc2c1[nH]c(=S)n2-c1ccc(F)cc1C. The summed E-state index contributed by atoms with van der Waals surface area (Å²) < 4.78 is 21.4. The highest BCUT2D eigenvalue weighted by atomic mass is 32.1. The molecule has 3 nitrogen and oxygen atoms in total. The molecule has 3 aromatic rings. The summed E-state index contributed by atoms with van der Waals surface area (Å²) in [4.78, 5) is 3.18. The van der Waals surface area contributed by atoms with E-state index < -0.39 is 0 Å². The number of aromatic amines is 1. The molecule has 1 N–H and O–H groups in total. The number of hydrogen-bond acceptors (Lipinski definition) is 2. The molecule has 0 saturated heterocycles. The van der Waals surface area contributed by atoms with Crippen LogP contribution in [0.5, 0.6) is 5.75 Å². The van der Waals surface area contributed by atoms with Crippen LogP contribution in [0.15, 0.2) is 36.4 Å². The van der Waals surface area contributed by atoms with Gasteiger partial charge in [0.1, 0.15) is 17.1 Å². The zero-order valence-electron chi connectivity index (χ0n) is 11.8. The number of nitrogens with zero attached hydrogens (tertiary/aromatic N) is 1. The third-order valence-electron chi connectivity index (χ3n) is 3.38. The van der Waals surface area contributed by atoms with Crippen molar-refractivity contribution in [3.63, 3.8) is 0 Å². The van der Waals surface area contributed by atoms with E-state index in [1.165, 1.54) is 12.1 Å². The van der Waals surface area contributed by atoms with Crippen molar-refractivity contribution >= 4 is 23.3 Å². The quantitative estimate of drug-likeness (QED) is 0.720. The first-order valence-electron chi connectivity index (χ1n) is 6.75. The van der Waals surface area contributed by atoms with Gasteiger partial charge in [-0.1, -0.05) is 6.07 Å². The second kappa shape index (κ2) is 5.33. The minimum Gasteiger partial charge on any atom is -0.492 e. The average molecular weight is 302 g/mol. The molecule has 0 spiro atoms. The molecule has 21 heavy (non-hydrogen) atoms. The Morgan fingerprint density at radius 1 is 1.29 bits per heavy atom. The Hall–Kier alpha value is -2.14. The summed E-state index contributed by atoms with van der Waals surface area (Å²) in [6.45, 7) is 4.39. The molecule has 108 valence electrons. The fraction of sp³-hybridized carbons (Fsp3) is 0.188. The summed E-state index contributed by atoms with van der Waals surface area (Å²) in [5, 5.41) is 0. The number of nitrogens with one attached hydrogen (secondary N) is 1. The minimum absolute atomic E-state index is 0.252. The van der Waals surface area contributed by atoms with Crippen LogP contribution < -0.4 is 4.74 Å². The molecule has 0 saturated carbocycles. The number of halogens is 1. The fourth-order valence-corrected chi connectivity index (χ4v) is 2.79. The van der Waals surface area contributed by atoms with Gasteiger partial charge in [0.2, 0.25) is 0 Å². The molecule has 0 aliphatic rings. The summed E-state index contributed by atoms with van der Waals surface area (Å²) in [5.41, 5.74) is 3.46. The lowest BCUT2D eigenvalue weighted by Gasteiger charge is -2.09. The Bertz CT molecular complexity index is 866. The van der Waals surface area contributed by atoms with Gasteiger partial charge in [-0.05, 0) is 62.0 Å². The fourth-order valence-electron chi connectivity index (χ4n) is 2.49. The molecule has 0 aliphatic carbocycles. The van der Waals surface area contributed by atoms with E-state index in [2.05, 4.69) is 4.98 Å². The summed E-state index contributed by atoms with van der Waals surface area (Å²) in [6, 6.07) is 10.5. The van der Waals surface area contributed by atoms with Crippen molar-refractivity contribution < 1.29 is 9.13 Å². The number of aryl methyl sites for hydroxylation is 1. The number of para-hydroxylation sites is 1. The Kier molecular flexibility index (Phi) is 3.51. The number of hydrogen-bond donors (Lipinski definition) is 1. The molecule has 0 amide bonds. The Labute approximate surface area is 127 Å². The molecular weight excluding hydrogens is 287 g/mol. The predicted octanol–water partition coefficient (Wildman–Crippen LogP) is 4.53. The normalized spacial score (nSPS) is 11.0. The van der Waals surface area contributed by atoms with Gasteiger partial charge in [0.05, 0.1) is 17.8 Å². The maximum atomic E-state index is 13.3. The van der Waals surface area contributed by atoms with E-state index in [1.807, 2.05) is 36.6 Å². The predicted molar refractivity (Wildman–Crippen MR) is 84.3 cm³/mol. The van der Waals surface area contributed by atoms with Crippen LogP contribution in [0.1, 0.15) is 12.5 Å². The molecule has 5 heteroatoms. The van der Waals surface area contributed by atoms with Gasteiger partial charge in [0.25, 0.3) is 0 Å². The number of ether oxygens (including phenoxy) is 1. The Morgan fingerprint density at radius 2 is 2.10 bits per heavy atom. The van der Waals surface area contributed by atoms with Gasteiger partial charge in [-0.3, -0.25) is 4.57 Å². The number of H-pyrrole nitrogens is 1. The number of imidazole rings is 1. The zero-order chi connectivity index (χ0) is 15.0. The second-order valence-corrected chi connectivity index (χ2v) is 5.17. The van der Waals surface area contributed by atoms with E-state index in [-0.39, 0.29) is 5.82 Å². The molecule has 1 aromatic heterocycles. The van der Waals surface area contributed by atoms with E-state index in [4.69, 9.17) is 17.0 Å². The molecule has 0 radical (unpaired) electrons. The van der Waals surface area contributed by atoms with Crippen LogP contribution >= 0.6 is 12.2 Å². The first-order chi connectivity index (χ1) is 10.1. The van der Waals surface area contributed by atoms with Crippen LogP contribution in [0, 0.1) is 17.5 Å². The summed E-state index contributed by atoms with van der Waals surface area (Å²) in [5.74, 6) is 0.511. The zero-order valence-corrected chi connectivity index (χ0v) is 12.6. The lowest BCUT2D eigenvalue weighted by atomic mass is 10.2. The van der Waals surface area contributed by atoms with Crippen LogP contribution in [-0.4, -0.2) is 16.2 Å². The van der Waals surface area contributed by atoms with Gasteiger partial charge in [0, 0.05) is 0 Å². The highest BCUT2D eigenvalue weighted by molar-refractivity contribution is 7.71. The van der Waals surface area contributed by atoms with E-state index in [0.717, 1.165) is 28.0 Å². The van der Waals surface area contributed by atoms with Gasteiger partial charge in [-0.15, -0.1) is 0 Å². The molecule has 0 atom stereocenters. The van der Waals surface area contributed by atoms with Crippen molar-refractivity contribution in [1.29, 1.82) is 0 Å². The van der Waals surface area contributed by atoms with Gasteiger partial charge in [-0.25, -0.2) is 4.39 Å². The number of fused-ring (bicyclic) bond motifs is 1. The summed E-state index contributed by atoms with van der Waals surface area (Å²) in [6.07, 6.45) is 0. The first-order valence-corrected chi connectivity index (χ1v) is 7.15. The van der Waals surface area contributed by atoms with Crippen molar-refractivity contribution in [3.05, 3.63) is 52.5 Å². The smallest absolute Gasteiger partial charge is 0.182 e.